The van der Waals surface area contributed by atoms with E-state index < -0.39 is 12.0 Å². The van der Waals surface area contributed by atoms with Crippen LogP contribution >= 0.6 is 24.4 Å². The van der Waals surface area contributed by atoms with E-state index in [0.717, 1.165) is 11.8 Å². The predicted molar refractivity (Wildman–Crippen MR) is 63.7 cm³/mol. The van der Waals surface area contributed by atoms with Crippen molar-refractivity contribution in [2.75, 3.05) is 12.3 Å². The Morgan fingerprint density at radius 3 is 2.75 bits per heavy atom. The number of carbonyl (C=O) groups is 3. The van der Waals surface area contributed by atoms with Gasteiger partial charge in [0, 0.05) is 30.9 Å². The summed E-state index contributed by atoms with van der Waals surface area (Å²) in [6.07, 6.45) is 0.224. The molecule has 0 aromatic rings. The van der Waals surface area contributed by atoms with Gasteiger partial charge in [0.05, 0.1) is 0 Å². The number of aliphatic carboxylic acids is 1. The van der Waals surface area contributed by atoms with Crippen molar-refractivity contribution in [2.24, 2.45) is 0 Å². The molecule has 0 bridgehead atoms. The fourth-order valence-corrected chi connectivity index (χ4v) is 2.91. The number of thiol groups is 1. The van der Waals surface area contributed by atoms with E-state index in [0.29, 0.717) is 6.54 Å². The Kier molecular flexibility index (Phi) is 4.67. The molecule has 2 atom stereocenters. The van der Waals surface area contributed by atoms with Gasteiger partial charge in [0.25, 0.3) is 0 Å². The largest absolute Gasteiger partial charge is 0.480 e. The van der Waals surface area contributed by atoms with Crippen LogP contribution in [-0.4, -0.2) is 50.6 Å². The van der Waals surface area contributed by atoms with E-state index >= 15 is 0 Å². The fourth-order valence-electron chi connectivity index (χ4n) is 1.62. The highest BCUT2D eigenvalue weighted by atomic mass is 32.2. The molecule has 0 saturated carbocycles. The van der Waals surface area contributed by atoms with E-state index in [1.807, 2.05) is 0 Å². The number of amides is 1. The summed E-state index contributed by atoms with van der Waals surface area (Å²) in [6.45, 7) is 1.74. The molecule has 5 nitrogen and oxygen atoms in total. The highest BCUT2D eigenvalue weighted by Crippen LogP contribution is 2.25. The van der Waals surface area contributed by atoms with Crippen molar-refractivity contribution in [3.05, 3.63) is 0 Å². The summed E-state index contributed by atoms with van der Waals surface area (Å²) in [6, 6.07) is -0.895. The SMILES string of the molecule is CC(=O)SC1CC(=O)N([C@@H](CS)C(=O)O)C1. The first-order valence-electron chi connectivity index (χ1n) is 4.76. The number of likely N-dealkylation sites (tertiary alicyclic amines) is 1. The van der Waals surface area contributed by atoms with Crippen LogP contribution in [0.5, 0.6) is 0 Å². The van der Waals surface area contributed by atoms with Gasteiger partial charge in [-0.2, -0.15) is 12.6 Å². The molecular weight excluding hydrogens is 250 g/mol. The van der Waals surface area contributed by atoms with Gasteiger partial charge in [-0.05, 0) is 0 Å². The average Bonchev–Trinajstić information content (AvgIpc) is 2.46. The molecule has 90 valence electrons. The number of carbonyl (C=O) groups excluding carboxylic acids is 2. The zero-order valence-corrected chi connectivity index (χ0v) is 10.5. The highest BCUT2D eigenvalue weighted by Gasteiger charge is 2.37. The van der Waals surface area contributed by atoms with Crippen LogP contribution in [0.1, 0.15) is 13.3 Å². The molecule has 1 aliphatic heterocycles. The van der Waals surface area contributed by atoms with E-state index in [-0.39, 0.29) is 28.4 Å². The first-order chi connectivity index (χ1) is 7.45. The lowest BCUT2D eigenvalue weighted by Crippen LogP contribution is -2.43. The number of hydrogen-bond acceptors (Lipinski definition) is 5. The Morgan fingerprint density at radius 2 is 2.31 bits per heavy atom. The molecule has 7 heteroatoms. The Labute approximate surface area is 103 Å². The second kappa shape index (κ2) is 5.58. The van der Waals surface area contributed by atoms with Gasteiger partial charge in [-0.25, -0.2) is 4.79 Å². The fraction of sp³-hybridized carbons (Fsp3) is 0.667. The first kappa shape index (κ1) is 13.4. The summed E-state index contributed by atoms with van der Waals surface area (Å²) in [5, 5.41) is 8.71. The monoisotopic (exact) mass is 263 g/mol. The Morgan fingerprint density at radius 1 is 1.69 bits per heavy atom. The van der Waals surface area contributed by atoms with Crippen LogP contribution in [0.4, 0.5) is 0 Å². The van der Waals surface area contributed by atoms with Crippen LogP contribution in [0.15, 0.2) is 0 Å². The summed E-state index contributed by atoms with van der Waals surface area (Å²) >= 11 is 5.01. The van der Waals surface area contributed by atoms with Gasteiger partial charge in [0.2, 0.25) is 5.91 Å². The van der Waals surface area contributed by atoms with E-state index in [1.165, 1.54) is 11.8 Å². The Bertz CT molecular complexity index is 321. The van der Waals surface area contributed by atoms with Crippen molar-refractivity contribution in [3.8, 4) is 0 Å². The van der Waals surface area contributed by atoms with Crippen molar-refractivity contribution >= 4 is 41.4 Å². The smallest absolute Gasteiger partial charge is 0.327 e. The number of nitrogens with zero attached hydrogens (tertiary/aromatic N) is 1. The molecule has 0 spiro atoms. The zero-order chi connectivity index (χ0) is 12.3. The molecule has 1 N–H and O–H groups in total. The van der Waals surface area contributed by atoms with Crippen molar-refractivity contribution in [3.63, 3.8) is 0 Å². The van der Waals surface area contributed by atoms with Crippen molar-refractivity contribution in [1.82, 2.24) is 4.90 Å². The third-order valence-corrected chi connectivity index (χ3v) is 3.62. The topological polar surface area (TPSA) is 74.7 Å². The van der Waals surface area contributed by atoms with Gasteiger partial charge < -0.3 is 10.0 Å². The lowest BCUT2D eigenvalue weighted by Gasteiger charge is -2.22. The third kappa shape index (κ3) is 3.15. The maximum atomic E-state index is 11.6. The standard InChI is InChI=1S/C9H13NO4S2/c1-5(11)16-6-2-8(12)10(3-6)7(4-15)9(13)14/h6-7,15H,2-4H2,1H3,(H,13,14)/t6?,7-/m0/s1. The molecule has 1 saturated heterocycles. The van der Waals surface area contributed by atoms with Gasteiger partial charge in [-0.1, -0.05) is 11.8 Å². The molecule has 16 heavy (non-hydrogen) atoms. The van der Waals surface area contributed by atoms with E-state index in [2.05, 4.69) is 12.6 Å². The minimum absolute atomic E-state index is 0.0580. The molecule has 1 aliphatic rings. The number of hydrogen-bond donors (Lipinski definition) is 2. The van der Waals surface area contributed by atoms with Crippen molar-refractivity contribution < 1.29 is 19.5 Å². The van der Waals surface area contributed by atoms with Crippen LogP contribution < -0.4 is 0 Å². The normalized spacial score (nSPS) is 22.2. The summed E-state index contributed by atoms with van der Waals surface area (Å²) < 4.78 is 0. The summed E-state index contributed by atoms with van der Waals surface area (Å²) in [4.78, 5) is 34.6. The van der Waals surface area contributed by atoms with E-state index in [4.69, 9.17) is 5.11 Å². The number of thioether (sulfide) groups is 1. The molecule has 1 rings (SSSR count). The number of carboxylic acid groups (broad SMARTS) is 1. The first-order valence-corrected chi connectivity index (χ1v) is 6.27. The predicted octanol–water partition coefficient (Wildman–Crippen LogP) is 0.250. The lowest BCUT2D eigenvalue weighted by molar-refractivity contribution is -0.147. The molecular formula is C9H13NO4S2. The summed E-state index contributed by atoms with van der Waals surface area (Å²) in [7, 11) is 0. The van der Waals surface area contributed by atoms with Crippen LogP contribution in [-0.2, 0) is 14.4 Å². The highest BCUT2D eigenvalue weighted by molar-refractivity contribution is 8.14. The molecule has 1 fully saturated rings. The molecule has 1 heterocycles. The lowest BCUT2D eigenvalue weighted by atomic mass is 10.3. The van der Waals surface area contributed by atoms with Crippen molar-refractivity contribution in [2.45, 2.75) is 24.6 Å². The van der Waals surface area contributed by atoms with Gasteiger partial charge in [0.1, 0.15) is 6.04 Å². The van der Waals surface area contributed by atoms with Gasteiger partial charge >= 0.3 is 5.97 Å². The quantitative estimate of drug-likeness (QED) is 0.711. The molecule has 0 aromatic heterocycles. The average molecular weight is 263 g/mol. The van der Waals surface area contributed by atoms with Crippen LogP contribution in [0.25, 0.3) is 0 Å². The van der Waals surface area contributed by atoms with Crippen LogP contribution in [0, 0.1) is 0 Å². The number of carboxylic acids is 1. The Hall–Kier alpha value is -0.690. The molecule has 1 amide bonds. The summed E-state index contributed by atoms with van der Waals surface area (Å²) in [5.74, 6) is -1.20. The van der Waals surface area contributed by atoms with Gasteiger partial charge in [0.15, 0.2) is 5.12 Å². The maximum absolute atomic E-state index is 11.6. The third-order valence-electron chi connectivity index (χ3n) is 2.29. The summed E-state index contributed by atoms with van der Waals surface area (Å²) in [5.41, 5.74) is 0. The molecule has 1 unspecified atom stereocenters. The Balaban J connectivity index is 2.66. The van der Waals surface area contributed by atoms with E-state index in [9.17, 15) is 14.4 Å². The molecule has 0 aromatic carbocycles. The van der Waals surface area contributed by atoms with Crippen LogP contribution in [0.3, 0.4) is 0 Å². The van der Waals surface area contributed by atoms with Gasteiger partial charge in [-0.15, -0.1) is 0 Å². The molecule has 0 radical (unpaired) electrons. The maximum Gasteiger partial charge on any atom is 0.327 e. The number of rotatable bonds is 4. The van der Waals surface area contributed by atoms with E-state index in [1.54, 1.807) is 0 Å². The van der Waals surface area contributed by atoms with Crippen molar-refractivity contribution in [1.29, 1.82) is 0 Å². The zero-order valence-electron chi connectivity index (χ0n) is 8.75. The minimum Gasteiger partial charge on any atom is -0.480 e. The second-order valence-corrected chi connectivity index (χ2v) is 5.36. The van der Waals surface area contributed by atoms with Gasteiger partial charge in [-0.3, -0.25) is 9.59 Å². The second-order valence-electron chi connectivity index (χ2n) is 3.52. The molecule has 0 aliphatic carbocycles. The minimum atomic E-state index is -1.06. The van der Waals surface area contributed by atoms with Crippen LogP contribution in [0.2, 0.25) is 0 Å².